The van der Waals surface area contributed by atoms with Gasteiger partial charge in [0, 0.05) is 0 Å². The van der Waals surface area contributed by atoms with Crippen LogP contribution in [-0.4, -0.2) is 0 Å². The summed E-state index contributed by atoms with van der Waals surface area (Å²) in [6, 6.07) is 7.60. The SMILES string of the molecule is CCCCCCCCCCCCCCCCCCc1ccc(N(N=O)ON)cc1. The summed E-state index contributed by atoms with van der Waals surface area (Å²) in [6.07, 6.45) is 23.3. The monoisotopic (exact) mass is 405 g/mol. The van der Waals surface area contributed by atoms with Crippen LogP contribution in [0.5, 0.6) is 0 Å². The standard InChI is InChI=1S/C24H43N3O2/c1-2-3-4-5-6-7-8-9-10-11-12-13-14-15-16-17-18-23-19-21-24(22-20-23)27(26-28)29-25/h19-22H,2-18,25H2,1H3. The molecule has 0 aliphatic rings. The fraction of sp³-hybridized carbons (Fsp3) is 0.750. The molecule has 2 N–H and O–H groups in total. The van der Waals surface area contributed by atoms with Gasteiger partial charge in [-0.3, -0.25) is 0 Å². The third-order valence-electron chi connectivity index (χ3n) is 5.65. The summed E-state index contributed by atoms with van der Waals surface area (Å²) < 4.78 is 0. The van der Waals surface area contributed by atoms with E-state index in [1.807, 2.05) is 12.1 Å². The van der Waals surface area contributed by atoms with Crippen molar-refractivity contribution in [3.8, 4) is 0 Å². The van der Waals surface area contributed by atoms with Crippen molar-refractivity contribution < 1.29 is 4.94 Å². The van der Waals surface area contributed by atoms with Gasteiger partial charge in [0.2, 0.25) is 0 Å². The first-order chi connectivity index (χ1) is 14.3. The number of benzene rings is 1. The molecule has 0 heterocycles. The summed E-state index contributed by atoms with van der Waals surface area (Å²) in [5, 5.41) is 3.45. The predicted octanol–water partition coefficient (Wildman–Crippen LogP) is 7.78. The van der Waals surface area contributed by atoms with Crippen molar-refractivity contribution in [2.75, 3.05) is 5.17 Å². The van der Waals surface area contributed by atoms with E-state index in [1.54, 1.807) is 12.1 Å². The molecular formula is C24H43N3O2. The van der Waals surface area contributed by atoms with E-state index >= 15 is 0 Å². The van der Waals surface area contributed by atoms with Crippen LogP contribution in [0.15, 0.2) is 29.6 Å². The van der Waals surface area contributed by atoms with E-state index in [-0.39, 0.29) is 0 Å². The number of nitrogens with zero attached hydrogens (tertiary/aromatic N) is 2. The molecule has 1 rings (SSSR count). The molecule has 0 unspecified atom stereocenters. The number of aryl methyl sites for hydroxylation is 1. The fourth-order valence-corrected chi connectivity index (χ4v) is 3.79. The van der Waals surface area contributed by atoms with Gasteiger partial charge in [0.15, 0.2) is 0 Å². The molecule has 0 aromatic heterocycles. The maximum absolute atomic E-state index is 10.5. The van der Waals surface area contributed by atoms with Gasteiger partial charge in [-0.15, -0.1) is 4.91 Å². The summed E-state index contributed by atoms with van der Waals surface area (Å²) in [7, 11) is 0. The van der Waals surface area contributed by atoms with Gasteiger partial charge >= 0.3 is 0 Å². The minimum atomic E-state index is 0.540. The second-order valence-electron chi connectivity index (χ2n) is 8.18. The third-order valence-corrected chi connectivity index (χ3v) is 5.65. The Balaban J connectivity index is 1.87. The van der Waals surface area contributed by atoms with Crippen molar-refractivity contribution in [1.82, 2.24) is 0 Å². The molecule has 0 aliphatic heterocycles. The lowest BCUT2D eigenvalue weighted by molar-refractivity contribution is 0.111. The summed E-state index contributed by atoms with van der Waals surface area (Å²) >= 11 is 0. The Morgan fingerprint density at radius 2 is 1.14 bits per heavy atom. The lowest BCUT2D eigenvalue weighted by Gasteiger charge is -2.10. The first-order valence-electron chi connectivity index (χ1n) is 11.9. The number of unbranched alkanes of at least 4 members (excludes halogenated alkanes) is 15. The van der Waals surface area contributed by atoms with Crippen LogP contribution in [0.2, 0.25) is 0 Å². The Morgan fingerprint density at radius 1 is 0.724 bits per heavy atom. The number of hydrogen-bond donors (Lipinski definition) is 1. The maximum atomic E-state index is 10.5. The summed E-state index contributed by atoms with van der Waals surface area (Å²) in [4.78, 5) is 14.9. The number of rotatable bonds is 20. The topological polar surface area (TPSA) is 67.9 Å². The van der Waals surface area contributed by atoms with Crippen LogP contribution in [0.3, 0.4) is 0 Å². The normalized spacial score (nSPS) is 11.0. The molecule has 0 saturated heterocycles. The Kier molecular flexibility index (Phi) is 16.4. The van der Waals surface area contributed by atoms with Crippen LogP contribution in [-0.2, 0) is 11.4 Å². The van der Waals surface area contributed by atoms with E-state index in [0.717, 1.165) is 11.6 Å². The number of nitrogens with two attached hydrogens (primary N) is 1. The average molecular weight is 406 g/mol. The number of hydrogen-bond acceptors (Lipinski definition) is 4. The smallest absolute Gasteiger partial charge is 0.0954 e. The highest BCUT2D eigenvalue weighted by molar-refractivity contribution is 5.44. The lowest BCUT2D eigenvalue weighted by Crippen LogP contribution is -2.20. The molecule has 0 spiro atoms. The molecule has 0 fully saturated rings. The Hall–Kier alpha value is -1.46. The Morgan fingerprint density at radius 3 is 1.52 bits per heavy atom. The molecule has 0 atom stereocenters. The molecule has 0 saturated carbocycles. The highest BCUT2D eigenvalue weighted by Crippen LogP contribution is 2.18. The van der Waals surface area contributed by atoms with E-state index in [1.165, 1.54) is 108 Å². The number of anilines is 1. The number of nitroso groups, excluding NO2 is 1. The van der Waals surface area contributed by atoms with Crippen molar-refractivity contribution in [3.05, 3.63) is 34.7 Å². The fourth-order valence-electron chi connectivity index (χ4n) is 3.79. The van der Waals surface area contributed by atoms with Crippen molar-refractivity contribution in [2.24, 2.45) is 11.2 Å². The van der Waals surface area contributed by atoms with Gasteiger partial charge in [-0.25, -0.2) is 0 Å². The van der Waals surface area contributed by atoms with Crippen molar-refractivity contribution in [2.45, 2.75) is 116 Å². The summed E-state index contributed by atoms with van der Waals surface area (Å²) in [5.41, 5.74) is 1.81. The van der Waals surface area contributed by atoms with Crippen molar-refractivity contribution in [1.29, 1.82) is 0 Å². The lowest BCUT2D eigenvalue weighted by atomic mass is 10.0. The van der Waals surface area contributed by atoms with Gasteiger partial charge < -0.3 is 0 Å². The van der Waals surface area contributed by atoms with Gasteiger partial charge in [-0.05, 0) is 30.5 Å². The molecule has 29 heavy (non-hydrogen) atoms. The highest BCUT2D eigenvalue weighted by atomic mass is 16.8. The van der Waals surface area contributed by atoms with Crippen LogP contribution in [0, 0.1) is 4.91 Å². The minimum absolute atomic E-state index is 0.540. The van der Waals surface area contributed by atoms with Crippen LogP contribution in [0.4, 0.5) is 5.69 Å². The molecule has 166 valence electrons. The van der Waals surface area contributed by atoms with E-state index in [2.05, 4.69) is 17.1 Å². The second kappa shape index (κ2) is 18.6. The van der Waals surface area contributed by atoms with Crippen LogP contribution < -0.4 is 11.1 Å². The van der Waals surface area contributed by atoms with E-state index in [4.69, 9.17) is 5.90 Å². The molecule has 1 aromatic carbocycles. The zero-order valence-electron chi connectivity index (χ0n) is 18.6. The molecule has 0 amide bonds. The van der Waals surface area contributed by atoms with Crippen LogP contribution >= 0.6 is 0 Å². The summed E-state index contributed by atoms with van der Waals surface area (Å²) in [5.74, 6) is 4.99. The zero-order chi connectivity index (χ0) is 21.0. The maximum Gasteiger partial charge on any atom is 0.0954 e. The van der Waals surface area contributed by atoms with Gasteiger partial charge in [-0.2, -0.15) is 10.8 Å². The van der Waals surface area contributed by atoms with Gasteiger partial charge in [-0.1, -0.05) is 121 Å². The minimum Gasteiger partial charge on any atom is -0.188 e. The van der Waals surface area contributed by atoms with Gasteiger partial charge in [0.1, 0.15) is 0 Å². The first kappa shape index (κ1) is 25.6. The van der Waals surface area contributed by atoms with Crippen molar-refractivity contribution in [3.63, 3.8) is 0 Å². The van der Waals surface area contributed by atoms with Crippen LogP contribution in [0.1, 0.15) is 115 Å². The molecule has 5 nitrogen and oxygen atoms in total. The van der Waals surface area contributed by atoms with Crippen molar-refractivity contribution >= 4 is 5.69 Å². The zero-order valence-corrected chi connectivity index (χ0v) is 18.6. The highest BCUT2D eigenvalue weighted by Gasteiger charge is 2.05. The van der Waals surface area contributed by atoms with E-state index in [0.29, 0.717) is 5.69 Å². The predicted molar refractivity (Wildman–Crippen MR) is 123 cm³/mol. The quantitative estimate of drug-likeness (QED) is 0.137. The molecule has 0 bridgehead atoms. The van der Waals surface area contributed by atoms with E-state index in [9.17, 15) is 4.91 Å². The van der Waals surface area contributed by atoms with Gasteiger partial charge in [0.25, 0.3) is 0 Å². The van der Waals surface area contributed by atoms with Gasteiger partial charge in [0.05, 0.1) is 11.0 Å². The second-order valence-corrected chi connectivity index (χ2v) is 8.18. The van der Waals surface area contributed by atoms with Crippen LogP contribution in [0.25, 0.3) is 0 Å². The third kappa shape index (κ3) is 13.4. The molecular weight excluding hydrogens is 362 g/mol. The Labute approximate surface area is 178 Å². The molecule has 0 radical (unpaired) electrons. The first-order valence-corrected chi connectivity index (χ1v) is 11.9. The Bertz CT molecular complexity index is 493. The largest absolute Gasteiger partial charge is 0.188 e. The molecule has 0 aliphatic carbocycles. The average Bonchev–Trinajstić information content (AvgIpc) is 2.75. The summed E-state index contributed by atoms with van der Waals surface area (Å²) in [6.45, 7) is 2.28. The molecule has 1 aromatic rings. The molecule has 5 heteroatoms. The van der Waals surface area contributed by atoms with E-state index < -0.39 is 0 Å².